The van der Waals surface area contributed by atoms with Crippen molar-refractivity contribution in [2.75, 3.05) is 0 Å². The van der Waals surface area contributed by atoms with E-state index in [2.05, 4.69) is 5.43 Å². The maximum absolute atomic E-state index is 10.3. The molecule has 0 aliphatic rings. The standard InChI is InChI=1S/C5H12N2O2/c1-3-5(2,7-6)4(8)9/h7H,3,6H2,1-2H3,(H,8,9)/t5-/m0/s1. The first kappa shape index (κ1) is 8.39. The van der Waals surface area contributed by atoms with E-state index in [-0.39, 0.29) is 0 Å². The summed E-state index contributed by atoms with van der Waals surface area (Å²) in [6, 6.07) is 0. The van der Waals surface area contributed by atoms with E-state index in [0.29, 0.717) is 6.42 Å². The number of nitrogens with one attached hydrogen (secondary N) is 1. The second-order valence-electron chi connectivity index (χ2n) is 2.14. The number of hydrazine groups is 1. The van der Waals surface area contributed by atoms with Gasteiger partial charge in [0.15, 0.2) is 0 Å². The van der Waals surface area contributed by atoms with E-state index in [1.807, 2.05) is 0 Å². The fraction of sp³-hybridized carbons (Fsp3) is 0.800. The fourth-order valence-electron chi connectivity index (χ4n) is 0.315. The first-order valence-electron chi connectivity index (χ1n) is 2.78. The van der Waals surface area contributed by atoms with Crippen molar-refractivity contribution >= 4 is 5.97 Å². The van der Waals surface area contributed by atoms with Gasteiger partial charge in [-0.2, -0.15) is 0 Å². The Hall–Kier alpha value is -0.610. The zero-order valence-electron chi connectivity index (χ0n) is 5.64. The maximum atomic E-state index is 10.3. The molecule has 4 nitrogen and oxygen atoms in total. The van der Waals surface area contributed by atoms with Gasteiger partial charge in [0.25, 0.3) is 0 Å². The van der Waals surface area contributed by atoms with Crippen molar-refractivity contribution in [1.29, 1.82) is 0 Å². The molecular weight excluding hydrogens is 120 g/mol. The summed E-state index contributed by atoms with van der Waals surface area (Å²) in [4.78, 5) is 10.3. The van der Waals surface area contributed by atoms with Gasteiger partial charge in [-0.15, -0.1) is 0 Å². The molecule has 0 fully saturated rings. The van der Waals surface area contributed by atoms with Crippen LogP contribution < -0.4 is 11.3 Å². The number of rotatable bonds is 3. The molecule has 0 rings (SSSR count). The lowest BCUT2D eigenvalue weighted by atomic mass is 10.0. The Labute approximate surface area is 54.0 Å². The molecule has 4 N–H and O–H groups in total. The van der Waals surface area contributed by atoms with Crippen LogP contribution in [0.2, 0.25) is 0 Å². The second kappa shape index (κ2) is 2.80. The van der Waals surface area contributed by atoms with Crippen LogP contribution in [-0.2, 0) is 4.79 Å². The molecule has 0 spiro atoms. The summed E-state index contributed by atoms with van der Waals surface area (Å²) in [6.07, 6.45) is 0.471. The van der Waals surface area contributed by atoms with Crippen LogP contribution in [0.15, 0.2) is 0 Å². The molecular formula is C5H12N2O2. The molecule has 0 aliphatic heterocycles. The molecule has 0 aliphatic carbocycles. The molecule has 9 heavy (non-hydrogen) atoms. The van der Waals surface area contributed by atoms with Gasteiger partial charge in [0, 0.05) is 0 Å². The SMILES string of the molecule is CC[C@](C)(NN)C(=O)O. The van der Waals surface area contributed by atoms with Crippen molar-refractivity contribution in [2.24, 2.45) is 5.84 Å². The van der Waals surface area contributed by atoms with Gasteiger partial charge in [-0.1, -0.05) is 6.92 Å². The van der Waals surface area contributed by atoms with Gasteiger partial charge in [0.2, 0.25) is 0 Å². The van der Waals surface area contributed by atoms with Gasteiger partial charge in [0.05, 0.1) is 0 Å². The van der Waals surface area contributed by atoms with Crippen molar-refractivity contribution < 1.29 is 9.90 Å². The first-order chi connectivity index (χ1) is 4.06. The van der Waals surface area contributed by atoms with Crippen LogP contribution in [0.5, 0.6) is 0 Å². The van der Waals surface area contributed by atoms with E-state index >= 15 is 0 Å². The quantitative estimate of drug-likeness (QED) is 0.364. The molecule has 0 heterocycles. The van der Waals surface area contributed by atoms with Crippen LogP contribution in [0, 0.1) is 0 Å². The van der Waals surface area contributed by atoms with Crippen LogP contribution in [0.4, 0.5) is 0 Å². The monoisotopic (exact) mass is 132 g/mol. The lowest BCUT2D eigenvalue weighted by Crippen LogP contribution is -2.52. The van der Waals surface area contributed by atoms with Gasteiger partial charge < -0.3 is 5.11 Å². The van der Waals surface area contributed by atoms with E-state index < -0.39 is 11.5 Å². The number of hydrogen-bond acceptors (Lipinski definition) is 3. The average Bonchev–Trinajstić information content (AvgIpc) is 1.86. The Balaban J connectivity index is 4.09. The number of nitrogens with two attached hydrogens (primary N) is 1. The van der Waals surface area contributed by atoms with Crippen LogP contribution in [0.25, 0.3) is 0 Å². The predicted molar refractivity (Wildman–Crippen MR) is 33.7 cm³/mol. The van der Waals surface area contributed by atoms with Crippen LogP contribution >= 0.6 is 0 Å². The highest BCUT2D eigenvalue weighted by Gasteiger charge is 2.28. The molecule has 0 saturated carbocycles. The minimum atomic E-state index is -0.972. The number of hydrogen-bond donors (Lipinski definition) is 3. The van der Waals surface area contributed by atoms with Gasteiger partial charge in [-0.05, 0) is 13.3 Å². The van der Waals surface area contributed by atoms with E-state index in [1.54, 1.807) is 6.92 Å². The summed E-state index contributed by atoms with van der Waals surface area (Å²) in [5.74, 6) is 4.06. The Morgan fingerprint density at radius 2 is 2.33 bits per heavy atom. The lowest BCUT2D eigenvalue weighted by Gasteiger charge is -2.20. The Morgan fingerprint density at radius 1 is 1.89 bits per heavy atom. The Kier molecular flexibility index (Phi) is 2.61. The van der Waals surface area contributed by atoms with Gasteiger partial charge in [0.1, 0.15) is 5.54 Å². The summed E-state index contributed by atoms with van der Waals surface area (Å²) in [5.41, 5.74) is 1.26. The van der Waals surface area contributed by atoms with Crippen molar-refractivity contribution in [2.45, 2.75) is 25.8 Å². The highest BCUT2D eigenvalue weighted by molar-refractivity contribution is 5.77. The third kappa shape index (κ3) is 1.65. The molecule has 0 aromatic heterocycles. The normalized spacial score (nSPS) is 16.8. The topological polar surface area (TPSA) is 75.3 Å². The lowest BCUT2D eigenvalue weighted by molar-refractivity contribution is -0.144. The molecule has 0 aromatic carbocycles. The summed E-state index contributed by atoms with van der Waals surface area (Å²) in [5, 5.41) is 8.49. The van der Waals surface area contributed by atoms with E-state index in [0.717, 1.165) is 0 Å². The molecule has 54 valence electrons. The third-order valence-corrected chi connectivity index (χ3v) is 1.50. The smallest absolute Gasteiger partial charge is 0.324 e. The predicted octanol–water partition coefficient (Wildman–Crippen LogP) is -0.297. The third-order valence-electron chi connectivity index (χ3n) is 1.50. The highest BCUT2D eigenvalue weighted by atomic mass is 16.4. The van der Waals surface area contributed by atoms with Crippen molar-refractivity contribution in [3.8, 4) is 0 Å². The molecule has 0 bridgehead atoms. The Morgan fingerprint density at radius 3 is 2.33 bits per heavy atom. The largest absolute Gasteiger partial charge is 0.480 e. The molecule has 0 amide bonds. The summed E-state index contributed by atoms with van der Waals surface area (Å²) >= 11 is 0. The average molecular weight is 132 g/mol. The molecule has 0 radical (unpaired) electrons. The maximum Gasteiger partial charge on any atom is 0.324 e. The first-order valence-corrected chi connectivity index (χ1v) is 2.78. The zero-order valence-corrected chi connectivity index (χ0v) is 5.64. The minimum Gasteiger partial charge on any atom is -0.480 e. The number of aliphatic carboxylic acids is 1. The molecule has 4 heteroatoms. The molecule has 0 unspecified atom stereocenters. The molecule has 0 aromatic rings. The van der Waals surface area contributed by atoms with Crippen molar-refractivity contribution in [3.63, 3.8) is 0 Å². The summed E-state index contributed by atoms with van der Waals surface area (Å²) < 4.78 is 0. The Bertz CT molecular complexity index is 110. The van der Waals surface area contributed by atoms with E-state index in [9.17, 15) is 4.79 Å². The summed E-state index contributed by atoms with van der Waals surface area (Å²) in [6.45, 7) is 3.29. The van der Waals surface area contributed by atoms with E-state index in [1.165, 1.54) is 6.92 Å². The van der Waals surface area contributed by atoms with Crippen LogP contribution in [-0.4, -0.2) is 16.6 Å². The van der Waals surface area contributed by atoms with Crippen LogP contribution in [0.3, 0.4) is 0 Å². The number of carboxylic acids is 1. The molecule has 1 atom stereocenters. The zero-order chi connectivity index (χ0) is 7.49. The molecule has 0 saturated heterocycles. The number of carboxylic acid groups (broad SMARTS) is 1. The van der Waals surface area contributed by atoms with Crippen molar-refractivity contribution in [3.05, 3.63) is 0 Å². The fourth-order valence-corrected chi connectivity index (χ4v) is 0.315. The van der Waals surface area contributed by atoms with Crippen molar-refractivity contribution in [1.82, 2.24) is 5.43 Å². The van der Waals surface area contributed by atoms with Gasteiger partial charge >= 0.3 is 5.97 Å². The van der Waals surface area contributed by atoms with Gasteiger partial charge in [-0.25, -0.2) is 5.43 Å². The second-order valence-corrected chi connectivity index (χ2v) is 2.14. The highest BCUT2D eigenvalue weighted by Crippen LogP contribution is 2.05. The van der Waals surface area contributed by atoms with Crippen LogP contribution in [0.1, 0.15) is 20.3 Å². The number of carbonyl (C=O) groups is 1. The minimum absolute atomic E-state index is 0.471. The summed E-state index contributed by atoms with van der Waals surface area (Å²) in [7, 11) is 0. The van der Waals surface area contributed by atoms with E-state index in [4.69, 9.17) is 10.9 Å². The van der Waals surface area contributed by atoms with Gasteiger partial charge in [-0.3, -0.25) is 10.6 Å².